The van der Waals surface area contributed by atoms with E-state index in [2.05, 4.69) is 4.98 Å². The second-order valence-electron chi connectivity index (χ2n) is 3.79. The molecule has 2 N–H and O–H groups in total. The minimum atomic E-state index is 0.396. The van der Waals surface area contributed by atoms with E-state index in [1.54, 1.807) is 11.3 Å². The van der Waals surface area contributed by atoms with Gasteiger partial charge in [-0.15, -0.1) is 11.3 Å². The van der Waals surface area contributed by atoms with Gasteiger partial charge in [0, 0.05) is 22.9 Å². The van der Waals surface area contributed by atoms with Crippen molar-refractivity contribution in [3.8, 4) is 10.6 Å². The maximum absolute atomic E-state index is 10.3. The van der Waals surface area contributed by atoms with Crippen molar-refractivity contribution in [2.75, 3.05) is 0 Å². The zero-order chi connectivity index (χ0) is 13.0. The molecule has 1 aromatic carbocycles. The van der Waals surface area contributed by atoms with Crippen molar-refractivity contribution in [2.45, 2.75) is 12.8 Å². The normalized spacial score (nSPS) is 10.2. The molecule has 0 aliphatic carbocycles. The summed E-state index contributed by atoms with van der Waals surface area (Å²) in [5.41, 5.74) is 8.40. The summed E-state index contributed by atoms with van der Waals surface area (Å²) < 4.78 is 0. The minimum Gasteiger partial charge on any atom is -0.389 e. The number of carbonyl (C=O) groups is 1. The highest BCUT2D eigenvalue weighted by atomic mass is 32.1. The lowest BCUT2D eigenvalue weighted by molar-refractivity contribution is -0.107. The lowest BCUT2D eigenvalue weighted by atomic mass is 10.1. The third kappa shape index (κ3) is 3.00. The van der Waals surface area contributed by atoms with E-state index in [0.29, 0.717) is 17.8 Å². The molecule has 0 fully saturated rings. The molecule has 1 aromatic heterocycles. The summed E-state index contributed by atoms with van der Waals surface area (Å²) in [5.74, 6) is 0. The molecule has 0 saturated carbocycles. The summed E-state index contributed by atoms with van der Waals surface area (Å²) in [4.78, 5) is 15.2. The van der Waals surface area contributed by atoms with Gasteiger partial charge >= 0.3 is 0 Å². The van der Waals surface area contributed by atoms with E-state index in [4.69, 9.17) is 18.0 Å². The Labute approximate surface area is 115 Å². The molecule has 0 saturated heterocycles. The molecule has 2 aromatic rings. The number of carbonyl (C=O) groups excluding carboxylic acids is 1. The molecule has 2 rings (SSSR count). The second-order valence-corrected chi connectivity index (χ2v) is 5.09. The number of thiocarbonyl (C=S) groups is 1. The van der Waals surface area contributed by atoms with E-state index in [0.717, 1.165) is 28.1 Å². The first-order valence-corrected chi connectivity index (χ1v) is 6.78. The highest BCUT2D eigenvalue weighted by Crippen LogP contribution is 2.24. The first-order valence-electron chi connectivity index (χ1n) is 5.49. The van der Waals surface area contributed by atoms with Gasteiger partial charge in [-0.1, -0.05) is 36.5 Å². The molecule has 5 heteroatoms. The predicted molar refractivity (Wildman–Crippen MR) is 77.8 cm³/mol. The molecule has 0 unspecified atom stereocenters. The van der Waals surface area contributed by atoms with Crippen LogP contribution >= 0.6 is 23.6 Å². The monoisotopic (exact) mass is 276 g/mol. The zero-order valence-corrected chi connectivity index (χ0v) is 11.3. The van der Waals surface area contributed by atoms with Crippen molar-refractivity contribution in [2.24, 2.45) is 5.73 Å². The Balaban J connectivity index is 2.18. The quantitative estimate of drug-likeness (QED) is 0.673. The van der Waals surface area contributed by atoms with Gasteiger partial charge in [-0.25, -0.2) is 4.98 Å². The topological polar surface area (TPSA) is 56.0 Å². The van der Waals surface area contributed by atoms with Gasteiger partial charge in [0.05, 0.1) is 5.69 Å². The number of aldehydes is 1. The predicted octanol–water partition coefficient (Wildman–Crippen LogP) is 2.58. The van der Waals surface area contributed by atoms with E-state index in [1.807, 2.05) is 29.6 Å². The molecule has 0 amide bonds. The molecule has 0 radical (unpaired) electrons. The average Bonchev–Trinajstić information content (AvgIpc) is 2.85. The molecule has 0 aliphatic heterocycles. The van der Waals surface area contributed by atoms with Crippen LogP contribution in [0.3, 0.4) is 0 Å². The van der Waals surface area contributed by atoms with Gasteiger partial charge in [0.1, 0.15) is 16.3 Å². The fourth-order valence-electron chi connectivity index (χ4n) is 1.54. The van der Waals surface area contributed by atoms with Crippen molar-refractivity contribution < 1.29 is 4.79 Å². The molecule has 0 aliphatic rings. The first-order chi connectivity index (χ1) is 8.70. The molecular weight excluding hydrogens is 264 g/mol. The number of hydrogen-bond donors (Lipinski definition) is 1. The molecule has 92 valence electrons. The minimum absolute atomic E-state index is 0.396. The largest absolute Gasteiger partial charge is 0.389 e. The van der Waals surface area contributed by atoms with Gasteiger partial charge in [0.2, 0.25) is 0 Å². The Morgan fingerprint density at radius 1 is 1.39 bits per heavy atom. The van der Waals surface area contributed by atoms with Crippen molar-refractivity contribution in [1.29, 1.82) is 0 Å². The standard InChI is InChI=1S/C13H12N2OS2/c14-12(17)9-3-5-10(6-4-9)13-15-11(8-18-13)2-1-7-16/h3-8H,1-2H2,(H2,14,17). The Kier molecular flexibility index (Phi) is 4.17. The van der Waals surface area contributed by atoms with Gasteiger partial charge in [0.25, 0.3) is 0 Å². The van der Waals surface area contributed by atoms with E-state index in [1.165, 1.54) is 0 Å². The van der Waals surface area contributed by atoms with Crippen LogP contribution in [0.25, 0.3) is 10.6 Å². The van der Waals surface area contributed by atoms with Gasteiger partial charge in [-0.05, 0) is 6.42 Å². The molecule has 1 heterocycles. The van der Waals surface area contributed by atoms with Crippen molar-refractivity contribution in [3.63, 3.8) is 0 Å². The summed E-state index contributed by atoms with van der Waals surface area (Å²) in [5, 5.41) is 2.94. The fraction of sp³-hybridized carbons (Fsp3) is 0.154. The third-order valence-corrected chi connectivity index (χ3v) is 3.66. The van der Waals surface area contributed by atoms with E-state index in [9.17, 15) is 4.79 Å². The van der Waals surface area contributed by atoms with Crippen LogP contribution in [0.2, 0.25) is 0 Å². The van der Waals surface area contributed by atoms with Crippen molar-refractivity contribution in [1.82, 2.24) is 4.98 Å². The SMILES string of the molecule is NC(=S)c1ccc(-c2nc(CCC=O)cs2)cc1. The molecule has 0 atom stereocenters. The lowest BCUT2D eigenvalue weighted by Crippen LogP contribution is -2.08. The molecule has 18 heavy (non-hydrogen) atoms. The number of nitrogens with two attached hydrogens (primary N) is 1. The van der Waals surface area contributed by atoms with Crippen LogP contribution in [0.15, 0.2) is 29.6 Å². The van der Waals surface area contributed by atoms with Crippen LogP contribution in [0, 0.1) is 0 Å². The summed E-state index contributed by atoms with van der Waals surface area (Å²) in [6.45, 7) is 0. The Bertz CT molecular complexity index is 561. The van der Waals surface area contributed by atoms with Crippen LogP contribution in [0.1, 0.15) is 17.7 Å². The Hall–Kier alpha value is -1.59. The highest BCUT2D eigenvalue weighted by Gasteiger charge is 2.05. The van der Waals surface area contributed by atoms with Crippen LogP contribution in [0.5, 0.6) is 0 Å². The lowest BCUT2D eigenvalue weighted by Gasteiger charge is -1.99. The molecule has 3 nitrogen and oxygen atoms in total. The molecule has 0 bridgehead atoms. The van der Waals surface area contributed by atoms with Gasteiger partial charge < -0.3 is 10.5 Å². The second kappa shape index (κ2) is 5.84. The third-order valence-electron chi connectivity index (χ3n) is 2.49. The van der Waals surface area contributed by atoms with E-state index in [-0.39, 0.29) is 0 Å². The molecule has 0 spiro atoms. The Morgan fingerprint density at radius 2 is 2.11 bits per heavy atom. The van der Waals surface area contributed by atoms with Crippen LogP contribution in [0.4, 0.5) is 0 Å². The number of hydrogen-bond acceptors (Lipinski definition) is 4. The number of nitrogens with zero attached hydrogens (tertiary/aromatic N) is 1. The summed E-state index contributed by atoms with van der Waals surface area (Å²) in [7, 11) is 0. The van der Waals surface area contributed by atoms with Gasteiger partial charge in [0.15, 0.2) is 0 Å². The van der Waals surface area contributed by atoms with E-state index < -0.39 is 0 Å². The van der Waals surface area contributed by atoms with Crippen LogP contribution in [-0.4, -0.2) is 16.3 Å². The fourth-order valence-corrected chi connectivity index (χ4v) is 2.53. The summed E-state index contributed by atoms with van der Waals surface area (Å²) >= 11 is 6.48. The zero-order valence-electron chi connectivity index (χ0n) is 9.63. The van der Waals surface area contributed by atoms with Crippen LogP contribution < -0.4 is 5.73 Å². The number of aryl methyl sites for hydroxylation is 1. The number of aromatic nitrogens is 1. The molecular formula is C13H12N2OS2. The number of thiazole rings is 1. The maximum atomic E-state index is 10.3. The Morgan fingerprint density at radius 3 is 2.72 bits per heavy atom. The van der Waals surface area contributed by atoms with Crippen molar-refractivity contribution >= 4 is 34.8 Å². The van der Waals surface area contributed by atoms with Gasteiger partial charge in [-0.3, -0.25) is 0 Å². The first kappa shape index (κ1) is 12.9. The summed E-state index contributed by atoms with van der Waals surface area (Å²) in [6, 6.07) is 7.70. The van der Waals surface area contributed by atoms with Gasteiger partial charge in [-0.2, -0.15) is 0 Å². The average molecular weight is 276 g/mol. The number of benzene rings is 1. The highest BCUT2D eigenvalue weighted by molar-refractivity contribution is 7.80. The maximum Gasteiger partial charge on any atom is 0.123 e. The van der Waals surface area contributed by atoms with Crippen LogP contribution in [-0.2, 0) is 11.2 Å². The van der Waals surface area contributed by atoms with E-state index >= 15 is 0 Å². The van der Waals surface area contributed by atoms with Crippen molar-refractivity contribution in [3.05, 3.63) is 40.9 Å². The smallest absolute Gasteiger partial charge is 0.123 e. The number of rotatable bonds is 5. The summed E-state index contributed by atoms with van der Waals surface area (Å²) in [6.07, 6.45) is 2.13.